The van der Waals surface area contributed by atoms with Crippen molar-refractivity contribution in [3.63, 3.8) is 0 Å². The Bertz CT molecular complexity index is 546. The van der Waals surface area contributed by atoms with Gasteiger partial charge < -0.3 is 4.74 Å². The number of hydrogen-bond acceptors (Lipinski definition) is 3. The Labute approximate surface area is 145 Å². The van der Waals surface area contributed by atoms with Gasteiger partial charge in [0.05, 0.1) is 6.04 Å². The topological polar surface area (TPSA) is 32.8 Å². The Morgan fingerprint density at radius 3 is 2.62 bits per heavy atom. The zero-order valence-corrected chi connectivity index (χ0v) is 15.1. The lowest BCUT2D eigenvalue weighted by Crippen LogP contribution is -2.51. The molecule has 0 bridgehead atoms. The van der Waals surface area contributed by atoms with Crippen LogP contribution >= 0.6 is 0 Å². The van der Waals surface area contributed by atoms with Crippen molar-refractivity contribution in [3.8, 4) is 0 Å². The molecule has 4 heteroatoms. The molecule has 0 N–H and O–H groups in total. The normalized spacial score (nSPS) is 27.9. The second kappa shape index (κ2) is 7.56. The van der Waals surface area contributed by atoms with E-state index in [1.165, 1.54) is 18.4 Å². The van der Waals surface area contributed by atoms with E-state index in [-0.39, 0.29) is 12.1 Å². The van der Waals surface area contributed by atoms with Crippen LogP contribution in [0.4, 0.5) is 4.79 Å². The van der Waals surface area contributed by atoms with Gasteiger partial charge in [-0.1, -0.05) is 51.1 Å². The smallest absolute Gasteiger partial charge is 0.424 e. The molecular formula is C20H30N2O2. The van der Waals surface area contributed by atoms with Gasteiger partial charge in [-0.2, -0.15) is 0 Å². The molecule has 3 unspecified atom stereocenters. The quantitative estimate of drug-likeness (QED) is 0.787. The van der Waals surface area contributed by atoms with E-state index in [2.05, 4.69) is 50.0 Å². The fourth-order valence-corrected chi connectivity index (χ4v) is 4.27. The molecule has 0 aliphatic carbocycles. The Kier molecular flexibility index (Phi) is 5.44. The molecule has 1 aromatic rings. The molecule has 0 aromatic heterocycles. The highest BCUT2D eigenvalue weighted by Crippen LogP contribution is 2.34. The van der Waals surface area contributed by atoms with Crippen LogP contribution in [0.1, 0.15) is 45.6 Å². The number of ether oxygens (including phenoxy) is 1. The second-order valence-electron chi connectivity index (χ2n) is 7.68. The van der Waals surface area contributed by atoms with E-state index in [4.69, 9.17) is 4.74 Å². The van der Waals surface area contributed by atoms with Crippen LogP contribution in [0.5, 0.6) is 0 Å². The van der Waals surface area contributed by atoms with Crippen molar-refractivity contribution in [2.75, 3.05) is 13.2 Å². The van der Waals surface area contributed by atoms with Gasteiger partial charge in [0, 0.05) is 12.6 Å². The molecule has 0 radical (unpaired) electrons. The summed E-state index contributed by atoms with van der Waals surface area (Å²) < 4.78 is 5.42. The zero-order chi connectivity index (χ0) is 17.1. The first kappa shape index (κ1) is 17.3. The van der Waals surface area contributed by atoms with Crippen LogP contribution < -0.4 is 0 Å². The molecule has 132 valence electrons. The highest BCUT2D eigenvalue weighted by molar-refractivity contribution is 5.69. The molecule has 1 aromatic carbocycles. The molecule has 2 saturated heterocycles. The standard InChI is InChI=1S/C20H30N2O2/c1-4-18-12-17(10-15(2)3)13-21(18)22-19(14-24-20(22)23)11-16-8-6-5-7-9-16/h5-9,15,17-19H,4,10-14H2,1-3H3. The van der Waals surface area contributed by atoms with E-state index in [9.17, 15) is 4.79 Å². The molecule has 2 heterocycles. The van der Waals surface area contributed by atoms with Crippen molar-refractivity contribution in [3.05, 3.63) is 35.9 Å². The van der Waals surface area contributed by atoms with Crippen molar-refractivity contribution in [2.24, 2.45) is 11.8 Å². The van der Waals surface area contributed by atoms with E-state index < -0.39 is 0 Å². The maximum absolute atomic E-state index is 12.4. The molecule has 24 heavy (non-hydrogen) atoms. The first-order chi connectivity index (χ1) is 11.6. The third-order valence-electron chi connectivity index (χ3n) is 5.27. The maximum atomic E-state index is 12.4. The lowest BCUT2D eigenvalue weighted by atomic mass is 9.94. The third-order valence-corrected chi connectivity index (χ3v) is 5.27. The number of nitrogens with zero attached hydrogens (tertiary/aromatic N) is 2. The lowest BCUT2D eigenvalue weighted by molar-refractivity contribution is -0.0162. The lowest BCUT2D eigenvalue weighted by Gasteiger charge is -2.35. The van der Waals surface area contributed by atoms with Gasteiger partial charge in [0.25, 0.3) is 0 Å². The van der Waals surface area contributed by atoms with E-state index in [1.807, 2.05) is 11.1 Å². The Morgan fingerprint density at radius 2 is 1.96 bits per heavy atom. The molecule has 3 rings (SSSR count). The number of hydrogen-bond donors (Lipinski definition) is 0. The number of cyclic esters (lactones) is 1. The van der Waals surface area contributed by atoms with Crippen molar-refractivity contribution in [1.82, 2.24) is 10.0 Å². The summed E-state index contributed by atoms with van der Waals surface area (Å²) >= 11 is 0. The predicted octanol–water partition coefficient (Wildman–Crippen LogP) is 4.11. The van der Waals surface area contributed by atoms with Crippen molar-refractivity contribution >= 4 is 6.09 Å². The van der Waals surface area contributed by atoms with Crippen LogP contribution in [0.3, 0.4) is 0 Å². The van der Waals surface area contributed by atoms with Crippen LogP contribution in [-0.4, -0.2) is 41.3 Å². The molecule has 2 fully saturated rings. The zero-order valence-electron chi connectivity index (χ0n) is 15.1. The Hall–Kier alpha value is -1.55. The molecule has 2 aliphatic heterocycles. The van der Waals surface area contributed by atoms with Gasteiger partial charge in [-0.15, -0.1) is 0 Å². The predicted molar refractivity (Wildman–Crippen MR) is 95.5 cm³/mol. The van der Waals surface area contributed by atoms with Crippen LogP contribution in [0.15, 0.2) is 30.3 Å². The van der Waals surface area contributed by atoms with Gasteiger partial charge in [0.2, 0.25) is 0 Å². The van der Waals surface area contributed by atoms with E-state index in [0.29, 0.717) is 24.5 Å². The summed E-state index contributed by atoms with van der Waals surface area (Å²) in [6.45, 7) is 8.27. The average molecular weight is 330 g/mol. The summed E-state index contributed by atoms with van der Waals surface area (Å²) in [6.07, 6.45) is 4.19. The summed E-state index contributed by atoms with van der Waals surface area (Å²) in [4.78, 5) is 12.4. The van der Waals surface area contributed by atoms with Gasteiger partial charge in [-0.05, 0) is 43.1 Å². The minimum Gasteiger partial charge on any atom is -0.446 e. The van der Waals surface area contributed by atoms with Crippen LogP contribution in [0.25, 0.3) is 0 Å². The van der Waals surface area contributed by atoms with Crippen molar-refractivity contribution < 1.29 is 9.53 Å². The summed E-state index contributed by atoms with van der Waals surface area (Å²) in [7, 11) is 0. The fourth-order valence-electron chi connectivity index (χ4n) is 4.27. The van der Waals surface area contributed by atoms with E-state index in [0.717, 1.165) is 19.4 Å². The maximum Gasteiger partial charge on any atom is 0.424 e. The first-order valence-corrected chi connectivity index (χ1v) is 9.35. The van der Waals surface area contributed by atoms with Crippen molar-refractivity contribution in [2.45, 2.75) is 58.5 Å². The van der Waals surface area contributed by atoms with E-state index in [1.54, 1.807) is 0 Å². The van der Waals surface area contributed by atoms with Crippen LogP contribution in [0, 0.1) is 11.8 Å². The SMILES string of the molecule is CCC1CC(CC(C)C)CN1N1C(=O)OCC1Cc1ccccc1. The number of benzene rings is 1. The molecule has 3 atom stereocenters. The molecule has 2 aliphatic rings. The number of carbonyl (C=O) groups excluding carboxylic acids is 1. The highest BCUT2D eigenvalue weighted by Gasteiger charge is 2.43. The number of carbonyl (C=O) groups is 1. The van der Waals surface area contributed by atoms with Crippen LogP contribution in [0.2, 0.25) is 0 Å². The number of amides is 1. The number of rotatable bonds is 6. The van der Waals surface area contributed by atoms with Gasteiger partial charge in [0.15, 0.2) is 0 Å². The molecular weight excluding hydrogens is 300 g/mol. The van der Waals surface area contributed by atoms with Gasteiger partial charge in [-0.25, -0.2) is 14.8 Å². The summed E-state index contributed by atoms with van der Waals surface area (Å²) in [5, 5.41) is 4.25. The van der Waals surface area contributed by atoms with Gasteiger partial charge in [-0.3, -0.25) is 0 Å². The fraction of sp³-hybridized carbons (Fsp3) is 0.650. The minimum atomic E-state index is -0.167. The molecule has 0 saturated carbocycles. The second-order valence-corrected chi connectivity index (χ2v) is 7.68. The number of hydrazine groups is 1. The van der Waals surface area contributed by atoms with Gasteiger partial charge in [0.1, 0.15) is 6.61 Å². The highest BCUT2D eigenvalue weighted by atomic mass is 16.6. The van der Waals surface area contributed by atoms with Crippen LogP contribution in [-0.2, 0) is 11.2 Å². The summed E-state index contributed by atoms with van der Waals surface area (Å²) in [5.74, 6) is 1.39. The summed E-state index contributed by atoms with van der Waals surface area (Å²) in [6, 6.07) is 11.0. The summed E-state index contributed by atoms with van der Waals surface area (Å²) in [5.41, 5.74) is 1.26. The monoisotopic (exact) mass is 330 g/mol. The molecule has 1 amide bonds. The minimum absolute atomic E-state index is 0.117. The third kappa shape index (κ3) is 3.75. The average Bonchev–Trinajstić information content (AvgIpc) is 3.11. The Balaban J connectivity index is 1.73. The first-order valence-electron chi connectivity index (χ1n) is 9.35. The van der Waals surface area contributed by atoms with Gasteiger partial charge >= 0.3 is 6.09 Å². The Morgan fingerprint density at radius 1 is 1.21 bits per heavy atom. The largest absolute Gasteiger partial charge is 0.446 e. The van der Waals surface area contributed by atoms with E-state index >= 15 is 0 Å². The molecule has 0 spiro atoms. The van der Waals surface area contributed by atoms with Crippen molar-refractivity contribution in [1.29, 1.82) is 0 Å². The molecule has 4 nitrogen and oxygen atoms in total.